The van der Waals surface area contributed by atoms with Crippen molar-refractivity contribution in [2.75, 3.05) is 33.6 Å². The van der Waals surface area contributed by atoms with Crippen LogP contribution in [0.15, 0.2) is 47.4 Å². The Balaban J connectivity index is 1.72. The van der Waals surface area contributed by atoms with Crippen molar-refractivity contribution in [1.29, 1.82) is 0 Å². The Morgan fingerprint density at radius 2 is 1.76 bits per heavy atom. The molecule has 7 heteroatoms. The summed E-state index contributed by atoms with van der Waals surface area (Å²) < 4.78 is 27.8. The minimum Gasteiger partial charge on any atom is -0.612 e. The summed E-state index contributed by atoms with van der Waals surface area (Å²) in [5.41, 5.74) is 1.26. The van der Waals surface area contributed by atoms with E-state index in [0.717, 1.165) is 18.6 Å². The largest absolute Gasteiger partial charge is 0.612 e. The molecule has 0 saturated heterocycles. The van der Waals surface area contributed by atoms with Gasteiger partial charge in [0, 0.05) is 18.7 Å². The van der Waals surface area contributed by atoms with Gasteiger partial charge in [-0.2, -0.15) is 0 Å². The molecule has 160 valence electrons. The molecule has 0 aliphatic carbocycles. The molecule has 0 aliphatic heterocycles. The van der Waals surface area contributed by atoms with E-state index in [9.17, 15) is 9.66 Å². The molecule has 0 radical (unpaired) electrons. The van der Waals surface area contributed by atoms with Crippen molar-refractivity contribution < 1.29 is 23.9 Å². The summed E-state index contributed by atoms with van der Waals surface area (Å²) in [6.07, 6.45) is 2.86. The topological polar surface area (TPSA) is 83.0 Å². The molecule has 3 atom stereocenters. The zero-order valence-corrected chi connectivity index (χ0v) is 18.3. The lowest BCUT2D eigenvalue weighted by molar-refractivity contribution is 0.103. The summed E-state index contributed by atoms with van der Waals surface area (Å²) >= 11 is -1.18. The average Bonchev–Trinajstić information content (AvgIpc) is 2.74. The zero-order chi connectivity index (χ0) is 21.2. The maximum Gasteiger partial charge on any atom is 0.197 e. The molecule has 2 rings (SSSR count). The Kier molecular flexibility index (Phi) is 9.60. The van der Waals surface area contributed by atoms with Gasteiger partial charge in [0.25, 0.3) is 0 Å². The highest BCUT2D eigenvalue weighted by molar-refractivity contribution is 7.90. The van der Waals surface area contributed by atoms with Crippen LogP contribution in [0.1, 0.15) is 18.9 Å². The molecule has 2 N–H and O–H groups in total. The van der Waals surface area contributed by atoms with Crippen LogP contribution in [0.5, 0.6) is 17.2 Å². The minimum atomic E-state index is -1.18. The molecule has 29 heavy (non-hydrogen) atoms. The number of nitrogens with one attached hydrogen (secondary N) is 1. The zero-order valence-electron chi connectivity index (χ0n) is 17.5. The molecule has 0 aromatic heterocycles. The van der Waals surface area contributed by atoms with Gasteiger partial charge < -0.3 is 29.2 Å². The number of aliphatic hydroxyl groups is 1. The maximum absolute atomic E-state index is 11.8. The van der Waals surface area contributed by atoms with E-state index in [-0.39, 0.29) is 12.6 Å². The molecular weight excluding hydrogens is 390 g/mol. The van der Waals surface area contributed by atoms with Gasteiger partial charge in [-0.3, -0.25) is 0 Å². The van der Waals surface area contributed by atoms with Crippen molar-refractivity contribution in [1.82, 2.24) is 5.32 Å². The van der Waals surface area contributed by atoms with Crippen LogP contribution in [-0.4, -0.2) is 55.4 Å². The van der Waals surface area contributed by atoms with E-state index < -0.39 is 17.3 Å². The first-order chi connectivity index (χ1) is 13.9. The Morgan fingerprint density at radius 3 is 2.38 bits per heavy atom. The van der Waals surface area contributed by atoms with E-state index >= 15 is 0 Å². The van der Waals surface area contributed by atoms with E-state index in [4.69, 9.17) is 14.2 Å². The highest BCUT2D eigenvalue weighted by Crippen LogP contribution is 2.28. The van der Waals surface area contributed by atoms with Gasteiger partial charge >= 0.3 is 0 Å². The Morgan fingerprint density at radius 1 is 1.07 bits per heavy atom. The average molecular weight is 422 g/mol. The van der Waals surface area contributed by atoms with Crippen molar-refractivity contribution in [2.24, 2.45) is 0 Å². The van der Waals surface area contributed by atoms with E-state index in [1.807, 2.05) is 12.1 Å². The van der Waals surface area contributed by atoms with Crippen LogP contribution in [0.3, 0.4) is 0 Å². The third-order valence-corrected chi connectivity index (χ3v) is 5.55. The molecule has 6 nitrogen and oxygen atoms in total. The Hall–Kier alpha value is -1.93. The van der Waals surface area contributed by atoms with Gasteiger partial charge in [0.1, 0.15) is 30.5 Å². The lowest BCUT2D eigenvalue weighted by Crippen LogP contribution is -2.36. The number of rotatable bonds is 12. The number of methoxy groups -OCH3 is 2. The molecule has 2 aromatic rings. The fourth-order valence-corrected chi connectivity index (χ4v) is 3.55. The monoisotopic (exact) mass is 421 g/mol. The first kappa shape index (κ1) is 23.3. The second-order valence-electron chi connectivity index (χ2n) is 6.93. The number of benzene rings is 2. The quantitative estimate of drug-likeness (QED) is 0.513. The lowest BCUT2D eigenvalue weighted by Gasteiger charge is -2.18. The summed E-state index contributed by atoms with van der Waals surface area (Å²) in [7, 11) is 3.20. The van der Waals surface area contributed by atoms with Crippen LogP contribution in [0.2, 0.25) is 0 Å². The molecule has 0 amide bonds. The van der Waals surface area contributed by atoms with Gasteiger partial charge in [-0.15, -0.1) is 0 Å². The summed E-state index contributed by atoms with van der Waals surface area (Å²) in [4.78, 5) is 0.574. The third kappa shape index (κ3) is 7.78. The molecule has 3 unspecified atom stereocenters. The van der Waals surface area contributed by atoms with Crippen molar-refractivity contribution in [3.05, 3.63) is 48.0 Å². The normalized spacial score (nSPS) is 14.1. The number of aryl methyl sites for hydroxylation is 1. The highest BCUT2D eigenvalue weighted by Gasteiger charge is 2.15. The molecule has 0 bridgehead atoms. The maximum atomic E-state index is 11.8. The summed E-state index contributed by atoms with van der Waals surface area (Å²) in [6, 6.07) is 13.5. The Labute approximate surface area is 176 Å². The molecular formula is C22H31NO5S. The first-order valence-corrected chi connectivity index (χ1v) is 11.2. The van der Waals surface area contributed by atoms with Crippen LogP contribution < -0.4 is 19.5 Å². The van der Waals surface area contributed by atoms with Crippen LogP contribution >= 0.6 is 0 Å². The summed E-state index contributed by atoms with van der Waals surface area (Å²) in [5.74, 6) is 1.98. The summed E-state index contributed by atoms with van der Waals surface area (Å²) in [5, 5.41) is 13.5. The van der Waals surface area contributed by atoms with Crippen molar-refractivity contribution in [2.45, 2.75) is 36.8 Å². The van der Waals surface area contributed by atoms with E-state index in [1.54, 1.807) is 31.6 Å². The molecule has 2 aromatic carbocycles. The van der Waals surface area contributed by atoms with Crippen molar-refractivity contribution >= 4 is 11.2 Å². The van der Waals surface area contributed by atoms with E-state index in [0.29, 0.717) is 22.9 Å². The number of hydrogen-bond donors (Lipinski definition) is 2. The SMILES string of the molecule is COc1ccc(CCC(C)NCC(O)COc2ccc(OC)c([S+](C)[O-])c2)cc1. The standard InChI is InChI=1S/C22H31NO5S/c1-16(5-6-17-7-9-19(26-2)10-8-17)23-14-18(24)15-28-20-11-12-21(27-3)22(13-20)29(4)25/h7-13,16,18,23-24H,5-6,14-15H2,1-4H3. The predicted octanol–water partition coefficient (Wildman–Crippen LogP) is 2.79. The molecule has 0 heterocycles. The molecule has 0 fully saturated rings. The number of aliphatic hydroxyl groups excluding tert-OH is 1. The van der Waals surface area contributed by atoms with Gasteiger partial charge in [0.2, 0.25) is 0 Å². The number of ether oxygens (including phenoxy) is 3. The van der Waals surface area contributed by atoms with Crippen LogP contribution in [-0.2, 0) is 17.6 Å². The van der Waals surface area contributed by atoms with Crippen molar-refractivity contribution in [3.63, 3.8) is 0 Å². The van der Waals surface area contributed by atoms with E-state index in [2.05, 4.69) is 24.4 Å². The molecule has 0 saturated carbocycles. The molecule has 0 aliphatic rings. The predicted molar refractivity (Wildman–Crippen MR) is 116 cm³/mol. The lowest BCUT2D eigenvalue weighted by atomic mass is 10.1. The first-order valence-electron chi connectivity index (χ1n) is 9.61. The highest BCUT2D eigenvalue weighted by atomic mass is 32.2. The van der Waals surface area contributed by atoms with Gasteiger partial charge in [-0.05, 0) is 60.8 Å². The Bertz CT molecular complexity index is 738. The van der Waals surface area contributed by atoms with Gasteiger partial charge in [-0.1, -0.05) is 12.1 Å². The van der Waals surface area contributed by atoms with Gasteiger partial charge in [-0.25, -0.2) is 0 Å². The van der Waals surface area contributed by atoms with Gasteiger partial charge in [0.05, 0.1) is 14.2 Å². The van der Waals surface area contributed by atoms with E-state index in [1.165, 1.54) is 12.7 Å². The molecule has 0 spiro atoms. The second kappa shape index (κ2) is 11.9. The fourth-order valence-electron chi connectivity index (χ4n) is 2.84. The smallest absolute Gasteiger partial charge is 0.197 e. The van der Waals surface area contributed by atoms with Crippen LogP contribution in [0.25, 0.3) is 0 Å². The van der Waals surface area contributed by atoms with Crippen molar-refractivity contribution in [3.8, 4) is 17.2 Å². The van der Waals surface area contributed by atoms with Crippen LogP contribution in [0, 0.1) is 0 Å². The fraction of sp³-hybridized carbons (Fsp3) is 0.455. The third-order valence-electron chi connectivity index (χ3n) is 4.61. The van der Waals surface area contributed by atoms with Gasteiger partial charge in [0.15, 0.2) is 10.6 Å². The summed E-state index contributed by atoms with van der Waals surface area (Å²) in [6.45, 7) is 2.69. The number of hydrogen-bond acceptors (Lipinski definition) is 6. The second-order valence-corrected chi connectivity index (χ2v) is 8.28. The minimum absolute atomic E-state index is 0.153. The van der Waals surface area contributed by atoms with Crippen LogP contribution in [0.4, 0.5) is 0 Å².